The molecule has 1 nitrogen and oxygen atoms in total. The zero-order valence-corrected chi connectivity index (χ0v) is 11.3. The van der Waals surface area contributed by atoms with Gasteiger partial charge in [-0.2, -0.15) is 0 Å². The summed E-state index contributed by atoms with van der Waals surface area (Å²) in [6, 6.07) is 0. The van der Waals surface area contributed by atoms with Crippen molar-refractivity contribution in [3.63, 3.8) is 0 Å². The highest BCUT2D eigenvalue weighted by atomic mass is 31.2. The normalized spacial score (nSPS) is 39.8. The molecule has 0 amide bonds. The molecular weight excluding hydrogens is 191 g/mol. The average molecular weight is 216 g/mol. The number of hydrogen-bond acceptors (Lipinski definition) is 1. The van der Waals surface area contributed by atoms with Crippen LogP contribution in [0.4, 0.5) is 0 Å². The van der Waals surface area contributed by atoms with Crippen molar-refractivity contribution in [1.29, 1.82) is 0 Å². The SMILES string of the molecule is C=P1(C)CCC(OC)(C(C)(C)C)CC1. The van der Waals surface area contributed by atoms with Crippen molar-refractivity contribution >= 4 is 13.2 Å². The lowest BCUT2D eigenvalue weighted by molar-refractivity contribution is -0.0979. The highest BCUT2D eigenvalue weighted by Crippen LogP contribution is 2.54. The molecule has 1 aliphatic heterocycles. The van der Waals surface area contributed by atoms with Crippen LogP contribution in [0.3, 0.4) is 0 Å². The molecule has 0 atom stereocenters. The van der Waals surface area contributed by atoms with E-state index in [1.165, 1.54) is 25.2 Å². The number of methoxy groups -OCH3 is 1. The number of hydrogen-bond donors (Lipinski definition) is 0. The summed E-state index contributed by atoms with van der Waals surface area (Å²) in [5.41, 5.74) is 0.354. The zero-order valence-electron chi connectivity index (χ0n) is 10.4. The van der Waals surface area contributed by atoms with Crippen molar-refractivity contribution < 1.29 is 4.74 Å². The molecule has 0 aromatic rings. The largest absolute Gasteiger partial charge is 0.378 e. The van der Waals surface area contributed by atoms with Gasteiger partial charge < -0.3 is 4.74 Å². The molecule has 84 valence electrons. The summed E-state index contributed by atoms with van der Waals surface area (Å²) in [5, 5.41) is 0. The van der Waals surface area contributed by atoms with Crippen LogP contribution in [0.5, 0.6) is 0 Å². The van der Waals surface area contributed by atoms with E-state index in [9.17, 15) is 0 Å². The van der Waals surface area contributed by atoms with Gasteiger partial charge in [0.05, 0.1) is 5.60 Å². The van der Waals surface area contributed by atoms with Crippen molar-refractivity contribution in [2.45, 2.75) is 39.2 Å². The predicted octanol–water partition coefficient (Wildman–Crippen LogP) is 3.29. The van der Waals surface area contributed by atoms with Crippen LogP contribution < -0.4 is 0 Å². The van der Waals surface area contributed by atoms with Crippen molar-refractivity contribution in [3.8, 4) is 0 Å². The molecule has 1 fully saturated rings. The Morgan fingerprint density at radius 3 is 1.93 bits per heavy atom. The first kappa shape index (κ1) is 12.3. The van der Waals surface area contributed by atoms with Gasteiger partial charge >= 0.3 is 0 Å². The Morgan fingerprint density at radius 2 is 1.64 bits per heavy atom. The van der Waals surface area contributed by atoms with E-state index in [1.807, 2.05) is 7.11 Å². The zero-order chi connectivity index (χ0) is 11.0. The molecule has 0 spiro atoms. The molecule has 1 rings (SSSR count). The molecule has 0 radical (unpaired) electrons. The summed E-state index contributed by atoms with van der Waals surface area (Å²) in [5.74, 6) is 0. The summed E-state index contributed by atoms with van der Waals surface area (Å²) in [6.07, 6.45) is 9.34. The van der Waals surface area contributed by atoms with E-state index in [2.05, 4.69) is 33.7 Å². The minimum Gasteiger partial charge on any atom is -0.378 e. The molecule has 1 saturated heterocycles. The highest BCUT2D eigenvalue weighted by molar-refractivity contribution is 7.73. The Morgan fingerprint density at radius 1 is 1.21 bits per heavy atom. The van der Waals surface area contributed by atoms with Crippen LogP contribution in [0.2, 0.25) is 0 Å². The van der Waals surface area contributed by atoms with Gasteiger partial charge in [-0.15, -0.1) is 13.2 Å². The summed E-state index contributed by atoms with van der Waals surface area (Å²) in [4.78, 5) is 0. The van der Waals surface area contributed by atoms with E-state index in [4.69, 9.17) is 4.74 Å². The van der Waals surface area contributed by atoms with Crippen LogP contribution in [-0.2, 0) is 4.74 Å². The van der Waals surface area contributed by atoms with Crippen LogP contribution in [0.15, 0.2) is 0 Å². The molecular formula is C12H25OP. The maximum absolute atomic E-state index is 5.83. The second-order valence-electron chi connectivity index (χ2n) is 6.02. The summed E-state index contributed by atoms with van der Waals surface area (Å²) < 4.78 is 5.83. The van der Waals surface area contributed by atoms with Gasteiger partial charge in [-0.3, -0.25) is 0 Å². The van der Waals surface area contributed by atoms with Gasteiger partial charge in [0.2, 0.25) is 0 Å². The molecule has 1 aliphatic rings. The Labute approximate surface area is 89.2 Å². The second kappa shape index (κ2) is 3.68. The van der Waals surface area contributed by atoms with E-state index in [0.29, 0.717) is 0 Å². The standard InChI is InChI=1S/C12H25OP/c1-11(2,3)12(13-4)7-9-14(5,6)10-8-12/h5,7-10H2,1-4,6H3. The Balaban J connectivity index is 2.82. The van der Waals surface area contributed by atoms with Crippen molar-refractivity contribution in [2.24, 2.45) is 5.41 Å². The lowest BCUT2D eigenvalue weighted by Gasteiger charge is -2.49. The lowest BCUT2D eigenvalue weighted by Crippen LogP contribution is -2.48. The van der Waals surface area contributed by atoms with E-state index in [-0.39, 0.29) is 11.0 Å². The van der Waals surface area contributed by atoms with Crippen LogP contribution in [0, 0.1) is 5.41 Å². The van der Waals surface area contributed by atoms with Crippen LogP contribution >= 0.6 is 6.89 Å². The third-order valence-corrected chi connectivity index (χ3v) is 6.48. The molecule has 0 unspecified atom stereocenters. The van der Waals surface area contributed by atoms with Crippen LogP contribution in [0.1, 0.15) is 33.6 Å². The average Bonchev–Trinajstić information content (AvgIpc) is 2.03. The highest BCUT2D eigenvalue weighted by Gasteiger charge is 2.44. The number of ether oxygens (including phenoxy) is 1. The van der Waals surface area contributed by atoms with Gasteiger partial charge in [0.25, 0.3) is 0 Å². The molecule has 0 aromatic carbocycles. The third-order valence-electron chi connectivity index (χ3n) is 3.87. The van der Waals surface area contributed by atoms with Crippen molar-refractivity contribution in [1.82, 2.24) is 0 Å². The molecule has 0 N–H and O–H groups in total. The third kappa shape index (κ3) is 2.25. The summed E-state index contributed by atoms with van der Waals surface area (Å²) in [6.45, 7) is 8.42. The second-order valence-corrected chi connectivity index (χ2v) is 10.1. The molecule has 0 saturated carbocycles. The fourth-order valence-corrected chi connectivity index (χ4v) is 4.42. The Bertz CT molecular complexity index is 238. The Kier molecular flexibility index (Phi) is 3.24. The smallest absolute Gasteiger partial charge is 0.0733 e. The first-order chi connectivity index (χ1) is 6.22. The minimum atomic E-state index is -0.829. The topological polar surface area (TPSA) is 9.23 Å². The van der Waals surface area contributed by atoms with Gasteiger partial charge in [0.15, 0.2) is 0 Å². The van der Waals surface area contributed by atoms with Gasteiger partial charge in [0.1, 0.15) is 0 Å². The molecule has 0 aromatic heterocycles. The fourth-order valence-electron chi connectivity index (χ4n) is 2.40. The van der Waals surface area contributed by atoms with Gasteiger partial charge in [-0.05, 0) is 37.2 Å². The Hall–Kier alpha value is 0.260. The lowest BCUT2D eigenvalue weighted by atomic mass is 9.72. The quantitative estimate of drug-likeness (QED) is 0.611. The van der Waals surface area contributed by atoms with Gasteiger partial charge in [-0.25, -0.2) is 0 Å². The van der Waals surface area contributed by atoms with Gasteiger partial charge in [0, 0.05) is 7.11 Å². The molecule has 2 heteroatoms. The maximum Gasteiger partial charge on any atom is 0.0733 e. The van der Waals surface area contributed by atoms with E-state index in [1.54, 1.807) is 0 Å². The van der Waals surface area contributed by atoms with Gasteiger partial charge in [-0.1, -0.05) is 20.8 Å². The van der Waals surface area contributed by atoms with Crippen molar-refractivity contribution in [2.75, 3.05) is 26.1 Å². The maximum atomic E-state index is 5.83. The predicted molar refractivity (Wildman–Crippen MR) is 68.1 cm³/mol. The molecule has 1 heterocycles. The summed E-state index contributed by atoms with van der Waals surface area (Å²) >= 11 is 0. The minimum absolute atomic E-state index is 0.101. The monoisotopic (exact) mass is 216 g/mol. The van der Waals surface area contributed by atoms with E-state index in [0.717, 1.165) is 0 Å². The van der Waals surface area contributed by atoms with Crippen LogP contribution in [0.25, 0.3) is 0 Å². The summed E-state index contributed by atoms with van der Waals surface area (Å²) in [7, 11) is 1.87. The fraction of sp³-hybridized carbons (Fsp3) is 0.917. The van der Waals surface area contributed by atoms with E-state index < -0.39 is 6.89 Å². The van der Waals surface area contributed by atoms with E-state index >= 15 is 0 Å². The van der Waals surface area contributed by atoms with Crippen LogP contribution in [-0.4, -0.2) is 38.0 Å². The first-order valence-electron chi connectivity index (χ1n) is 5.47. The molecule has 14 heavy (non-hydrogen) atoms. The first-order valence-corrected chi connectivity index (χ1v) is 8.26. The molecule has 0 aliphatic carbocycles. The van der Waals surface area contributed by atoms with Crippen molar-refractivity contribution in [3.05, 3.63) is 0 Å². The molecule has 0 bridgehead atoms. The number of rotatable bonds is 1.